The van der Waals surface area contributed by atoms with Crippen LogP contribution in [0, 0.1) is 17.7 Å². The Morgan fingerprint density at radius 1 is 1.12 bits per heavy atom. The Hall–Kier alpha value is -2.24. The van der Waals surface area contributed by atoms with E-state index in [1.165, 1.54) is 6.07 Å². The van der Waals surface area contributed by atoms with Crippen LogP contribution in [0.15, 0.2) is 42.5 Å². The molecule has 136 valence electrons. The van der Waals surface area contributed by atoms with Crippen LogP contribution in [0.5, 0.6) is 0 Å². The fourth-order valence-electron chi connectivity index (χ4n) is 4.09. The lowest BCUT2D eigenvalue weighted by atomic mass is 9.78. The number of hydrogen-bond donors (Lipinski definition) is 2. The van der Waals surface area contributed by atoms with Crippen molar-refractivity contribution in [3.63, 3.8) is 0 Å². The molecule has 0 radical (unpaired) electrons. The van der Waals surface area contributed by atoms with Crippen LogP contribution in [0.3, 0.4) is 0 Å². The summed E-state index contributed by atoms with van der Waals surface area (Å²) in [6, 6.07) is 12.2. The van der Waals surface area contributed by atoms with Gasteiger partial charge in [-0.25, -0.2) is 4.39 Å². The number of aliphatic hydroxyl groups excluding tert-OH is 1. The summed E-state index contributed by atoms with van der Waals surface area (Å²) in [4.78, 5) is 14.9. The second-order valence-electron chi connectivity index (χ2n) is 7.28. The molecular formula is C21H23FN2O2. The number of hydrogen-bond acceptors (Lipinski definition) is 3. The van der Waals surface area contributed by atoms with Gasteiger partial charge in [-0.05, 0) is 60.7 Å². The van der Waals surface area contributed by atoms with Crippen LogP contribution in [0.1, 0.15) is 18.4 Å². The molecule has 0 aromatic heterocycles. The summed E-state index contributed by atoms with van der Waals surface area (Å²) in [6.45, 7) is 2.92. The summed E-state index contributed by atoms with van der Waals surface area (Å²) in [7, 11) is 0. The van der Waals surface area contributed by atoms with E-state index in [1.54, 1.807) is 6.07 Å². The molecule has 0 spiro atoms. The van der Waals surface area contributed by atoms with E-state index >= 15 is 0 Å². The van der Waals surface area contributed by atoms with Crippen LogP contribution in [0.2, 0.25) is 0 Å². The number of piperidine rings is 3. The van der Waals surface area contributed by atoms with Gasteiger partial charge in [-0.3, -0.25) is 4.79 Å². The van der Waals surface area contributed by atoms with Crippen LogP contribution < -0.4 is 5.32 Å². The Balaban J connectivity index is 1.48. The van der Waals surface area contributed by atoms with Crippen LogP contribution in [-0.2, 0) is 11.4 Å². The summed E-state index contributed by atoms with van der Waals surface area (Å²) in [5.74, 6) is -0.114. The second kappa shape index (κ2) is 7.17. The van der Waals surface area contributed by atoms with Crippen molar-refractivity contribution in [2.24, 2.45) is 11.8 Å². The monoisotopic (exact) mass is 354 g/mol. The van der Waals surface area contributed by atoms with E-state index in [4.69, 9.17) is 5.11 Å². The first kappa shape index (κ1) is 17.2. The number of carbonyl (C=O) groups excluding carboxylic acids is 1. The summed E-state index contributed by atoms with van der Waals surface area (Å²) in [5.41, 5.74) is 2.67. The number of rotatable bonds is 4. The molecule has 2 aromatic rings. The number of anilines is 1. The Morgan fingerprint density at radius 3 is 2.38 bits per heavy atom. The number of nitrogens with one attached hydrogen (secondary N) is 1. The molecule has 1 atom stereocenters. The lowest BCUT2D eigenvalue weighted by Crippen LogP contribution is -2.51. The molecular weight excluding hydrogens is 331 g/mol. The Labute approximate surface area is 152 Å². The van der Waals surface area contributed by atoms with Gasteiger partial charge in [-0.15, -0.1) is 0 Å². The number of fused-ring (bicyclic) bond motifs is 3. The minimum absolute atomic E-state index is 0.0147. The maximum Gasteiger partial charge on any atom is 0.229 e. The largest absolute Gasteiger partial charge is 0.392 e. The second-order valence-corrected chi connectivity index (χ2v) is 7.28. The van der Waals surface area contributed by atoms with Crippen molar-refractivity contribution in [1.29, 1.82) is 0 Å². The molecule has 2 aromatic carbocycles. The fourth-order valence-corrected chi connectivity index (χ4v) is 4.09. The van der Waals surface area contributed by atoms with Crippen molar-refractivity contribution in [1.82, 2.24) is 4.90 Å². The van der Waals surface area contributed by atoms with Crippen LogP contribution >= 0.6 is 0 Å². The normalized spacial score (nSPS) is 24.5. The Kier molecular flexibility index (Phi) is 4.74. The summed E-state index contributed by atoms with van der Waals surface area (Å²) < 4.78 is 14.5. The molecule has 3 aliphatic heterocycles. The number of carbonyl (C=O) groups is 1. The van der Waals surface area contributed by atoms with Gasteiger partial charge < -0.3 is 15.3 Å². The smallest absolute Gasteiger partial charge is 0.229 e. The van der Waals surface area contributed by atoms with Crippen LogP contribution in [0.4, 0.5) is 10.1 Å². The molecule has 26 heavy (non-hydrogen) atoms. The van der Waals surface area contributed by atoms with Gasteiger partial charge in [-0.2, -0.15) is 0 Å². The summed E-state index contributed by atoms with van der Waals surface area (Å²) >= 11 is 0. The van der Waals surface area contributed by atoms with E-state index in [9.17, 15) is 9.18 Å². The van der Waals surface area contributed by atoms with Gasteiger partial charge in [0, 0.05) is 6.54 Å². The predicted octanol–water partition coefficient (Wildman–Crippen LogP) is 3.27. The van der Waals surface area contributed by atoms with Gasteiger partial charge in [0.2, 0.25) is 5.91 Å². The average Bonchev–Trinajstić information content (AvgIpc) is 2.70. The minimum Gasteiger partial charge on any atom is -0.392 e. The molecule has 0 saturated carbocycles. The molecule has 0 aliphatic carbocycles. The highest BCUT2D eigenvalue weighted by Crippen LogP contribution is 2.33. The summed E-state index contributed by atoms with van der Waals surface area (Å²) in [6.07, 6.45) is 2.12. The zero-order valence-electron chi connectivity index (χ0n) is 14.6. The van der Waals surface area contributed by atoms with Gasteiger partial charge in [0.25, 0.3) is 0 Å². The molecule has 0 unspecified atom stereocenters. The Morgan fingerprint density at radius 2 is 1.81 bits per heavy atom. The predicted molar refractivity (Wildman–Crippen MR) is 99.0 cm³/mol. The van der Waals surface area contributed by atoms with Gasteiger partial charge in [-0.1, -0.05) is 30.3 Å². The number of benzene rings is 2. The third-order valence-corrected chi connectivity index (χ3v) is 5.69. The first-order valence-corrected chi connectivity index (χ1v) is 9.17. The van der Waals surface area contributed by atoms with Crippen LogP contribution in [-0.4, -0.2) is 35.5 Å². The number of amides is 1. The first-order valence-electron chi connectivity index (χ1n) is 9.17. The first-order chi connectivity index (χ1) is 12.6. The van der Waals surface area contributed by atoms with E-state index in [0.29, 0.717) is 5.92 Å². The van der Waals surface area contributed by atoms with Crippen molar-refractivity contribution >= 4 is 11.6 Å². The highest BCUT2D eigenvalue weighted by molar-refractivity contribution is 5.93. The quantitative estimate of drug-likeness (QED) is 0.886. The maximum atomic E-state index is 14.5. The average molecular weight is 354 g/mol. The van der Waals surface area contributed by atoms with E-state index in [-0.39, 0.29) is 24.1 Å². The lowest BCUT2D eigenvalue weighted by Gasteiger charge is -2.43. The van der Waals surface area contributed by atoms with E-state index in [1.807, 2.05) is 30.3 Å². The van der Waals surface area contributed by atoms with Crippen molar-refractivity contribution in [3.05, 3.63) is 53.8 Å². The zero-order valence-corrected chi connectivity index (χ0v) is 14.6. The van der Waals surface area contributed by atoms with Gasteiger partial charge >= 0.3 is 0 Å². The highest BCUT2D eigenvalue weighted by atomic mass is 19.1. The van der Waals surface area contributed by atoms with E-state index in [0.717, 1.165) is 49.2 Å². The molecule has 3 heterocycles. The molecule has 1 amide bonds. The van der Waals surface area contributed by atoms with E-state index < -0.39 is 5.82 Å². The maximum absolute atomic E-state index is 14.5. The van der Waals surface area contributed by atoms with Gasteiger partial charge in [0.15, 0.2) is 0 Å². The van der Waals surface area contributed by atoms with Crippen molar-refractivity contribution in [3.8, 4) is 11.1 Å². The molecule has 5 heteroatoms. The van der Waals surface area contributed by atoms with Crippen molar-refractivity contribution in [2.75, 3.05) is 25.0 Å². The molecule has 3 fully saturated rings. The molecule has 2 bridgehead atoms. The van der Waals surface area contributed by atoms with Crippen LogP contribution in [0.25, 0.3) is 11.1 Å². The third-order valence-electron chi connectivity index (χ3n) is 5.69. The number of halogens is 1. The van der Waals surface area contributed by atoms with Gasteiger partial charge in [0.05, 0.1) is 18.2 Å². The number of aliphatic hydroxyl groups is 1. The fraction of sp³-hybridized carbons (Fsp3) is 0.381. The molecule has 4 nitrogen and oxygen atoms in total. The van der Waals surface area contributed by atoms with Crippen molar-refractivity contribution in [2.45, 2.75) is 19.4 Å². The minimum atomic E-state index is -0.427. The van der Waals surface area contributed by atoms with E-state index in [2.05, 4.69) is 10.2 Å². The standard InChI is InChI=1S/C21H23FN2O2/c22-19-11-17(15-3-1-14(13-25)2-4-15)5-6-20(19)23-21(26)18-12-24-9-7-16(18)8-10-24/h1-6,11,16,18,25H,7-10,12-13H2,(H,23,26)/t18-/m0/s1. The molecule has 2 N–H and O–H groups in total. The van der Waals surface area contributed by atoms with Gasteiger partial charge in [0.1, 0.15) is 5.82 Å². The third kappa shape index (κ3) is 3.37. The molecule has 3 aliphatic rings. The SMILES string of the molecule is O=C(Nc1ccc(-c2ccc(CO)cc2)cc1F)[C@H]1CN2CCC1CC2. The number of nitrogens with zero attached hydrogens (tertiary/aromatic N) is 1. The van der Waals surface area contributed by atoms with Crippen molar-refractivity contribution < 1.29 is 14.3 Å². The molecule has 5 rings (SSSR count). The zero-order chi connectivity index (χ0) is 18.1. The topological polar surface area (TPSA) is 52.6 Å². The summed E-state index contributed by atoms with van der Waals surface area (Å²) in [5, 5.41) is 11.9. The Bertz CT molecular complexity index is 798. The molecule has 3 saturated heterocycles. The highest BCUT2D eigenvalue weighted by Gasteiger charge is 2.38. The lowest BCUT2D eigenvalue weighted by molar-refractivity contribution is -0.125.